The fourth-order valence-corrected chi connectivity index (χ4v) is 2.32. The van der Waals surface area contributed by atoms with Crippen LogP contribution in [-0.2, 0) is 11.2 Å². The number of alkyl carbamates (subject to hydrolysis) is 1. The lowest BCUT2D eigenvalue weighted by Gasteiger charge is -2.22. The topological polar surface area (TPSA) is 80.7 Å². The SMILES string of the molecule is COc1ccc2cc(CC(CO)NC(=O)OC(C)(C)C)ccc2n1. The van der Waals surface area contributed by atoms with Gasteiger partial charge in [0.25, 0.3) is 0 Å². The normalized spacial score (nSPS) is 12.7. The number of nitrogens with one attached hydrogen (secondary N) is 1. The lowest BCUT2D eigenvalue weighted by Crippen LogP contribution is -2.42. The third-order valence-electron chi connectivity index (χ3n) is 3.36. The summed E-state index contributed by atoms with van der Waals surface area (Å²) in [5, 5.41) is 13.2. The van der Waals surface area contributed by atoms with E-state index in [2.05, 4.69) is 10.3 Å². The first-order valence-corrected chi connectivity index (χ1v) is 7.85. The van der Waals surface area contributed by atoms with Gasteiger partial charge in [-0.3, -0.25) is 0 Å². The highest BCUT2D eigenvalue weighted by atomic mass is 16.6. The van der Waals surface area contributed by atoms with Crippen molar-refractivity contribution in [3.63, 3.8) is 0 Å². The van der Waals surface area contributed by atoms with Crippen LogP contribution in [0, 0.1) is 0 Å². The number of aliphatic hydroxyl groups is 1. The minimum absolute atomic E-state index is 0.169. The van der Waals surface area contributed by atoms with Crippen molar-refractivity contribution in [1.29, 1.82) is 0 Å². The average molecular weight is 332 g/mol. The number of hydrogen-bond acceptors (Lipinski definition) is 5. The van der Waals surface area contributed by atoms with Crippen LogP contribution in [0.5, 0.6) is 5.88 Å². The lowest BCUT2D eigenvalue weighted by molar-refractivity contribution is 0.0483. The summed E-state index contributed by atoms with van der Waals surface area (Å²) in [7, 11) is 1.58. The van der Waals surface area contributed by atoms with Gasteiger partial charge in [0.05, 0.1) is 25.3 Å². The van der Waals surface area contributed by atoms with E-state index in [0.29, 0.717) is 12.3 Å². The van der Waals surface area contributed by atoms with Crippen molar-refractivity contribution >= 4 is 17.0 Å². The number of ether oxygens (including phenoxy) is 2. The van der Waals surface area contributed by atoms with Gasteiger partial charge < -0.3 is 19.9 Å². The Kier molecular flexibility index (Phi) is 5.62. The van der Waals surface area contributed by atoms with Gasteiger partial charge in [0, 0.05) is 11.5 Å². The molecule has 1 aromatic heterocycles. The molecule has 2 N–H and O–H groups in total. The minimum atomic E-state index is -0.572. The summed E-state index contributed by atoms with van der Waals surface area (Å²) in [5.41, 5.74) is 1.25. The molecule has 6 nitrogen and oxygen atoms in total. The van der Waals surface area contributed by atoms with Crippen molar-refractivity contribution in [3.05, 3.63) is 35.9 Å². The van der Waals surface area contributed by atoms with Crippen molar-refractivity contribution in [2.24, 2.45) is 0 Å². The van der Waals surface area contributed by atoms with Crippen LogP contribution in [0.15, 0.2) is 30.3 Å². The highest BCUT2D eigenvalue weighted by Gasteiger charge is 2.19. The second-order valence-corrected chi connectivity index (χ2v) is 6.61. The van der Waals surface area contributed by atoms with E-state index in [9.17, 15) is 9.90 Å². The summed E-state index contributed by atoms with van der Waals surface area (Å²) in [6.07, 6.45) is -0.0358. The molecule has 2 aromatic rings. The van der Waals surface area contributed by atoms with Gasteiger partial charge >= 0.3 is 6.09 Å². The van der Waals surface area contributed by atoms with Gasteiger partial charge in [0.1, 0.15) is 5.60 Å². The average Bonchev–Trinajstić information content (AvgIpc) is 2.51. The number of amides is 1. The second-order valence-electron chi connectivity index (χ2n) is 6.61. The van der Waals surface area contributed by atoms with Gasteiger partial charge in [-0.15, -0.1) is 0 Å². The van der Waals surface area contributed by atoms with Gasteiger partial charge in [0.2, 0.25) is 5.88 Å². The maximum Gasteiger partial charge on any atom is 0.407 e. The number of benzene rings is 1. The predicted octanol–water partition coefficient (Wildman–Crippen LogP) is 2.67. The van der Waals surface area contributed by atoms with E-state index >= 15 is 0 Å². The fourth-order valence-electron chi connectivity index (χ4n) is 2.32. The molecule has 0 aliphatic rings. The molecule has 1 atom stereocenters. The van der Waals surface area contributed by atoms with Gasteiger partial charge in [-0.05, 0) is 51.0 Å². The number of aliphatic hydroxyl groups excluding tert-OH is 1. The Morgan fingerprint density at radius 2 is 2.04 bits per heavy atom. The number of methoxy groups -OCH3 is 1. The Labute approximate surface area is 141 Å². The number of carbonyl (C=O) groups is 1. The first-order chi connectivity index (χ1) is 11.3. The van der Waals surface area contributed by atoms with Gasteiger partial charge in [-0.1, -0.05) is 6.07 Å². The molecule has 2 rings (SSSR count). The van der Waals surface area contributed by atoms with Gasteiger partial charge in [0.15, 0.2) is 0 Å². The zero-order valence-electron chi connectivity index (χ0n) is 14.5. The molecule has 1 amide bonds. The summed E-state index contributed by atoms with van der Waals surface area (Å²) in [6, 6.07) is 9.13. The van der Waals surface area contributed by atoms with Crippen LogP contribution in [0.2, 0.25) is 0 Å². The highest BCUT2D eigenvalue weighted by molar-refractivity contribution is 5.79. The largest absolute Gasteiger partial charge is 0.481 e. The van der Waals surface area contributed by atoms with E-state index < -0.39 is 17.7 Å². The Morgan fingerprint density at radius 3 is 2.67 bits per heavy atom. The summed E-state index contributed by atoms with van der Waals surface area (Å²) in [6.45, 7) is 5.22. The van der Waals surface area contributed by atoms with Crippen molar-refractivity contribution in [2.75, 3.05) is 13.7 Å². The number of pyridine rings is 1. The zero-order chi connectivity index (χ0) is 17.7. The molecule has 0 saturated heterocycles. The van der Waals surface area contributed by atoms with Crippen LogP contribution < -0.4 is 10.1 Å². The second kappa shape index (κ2) is 7.49. The minimum Gasteiger partial charge on any atom is -0.481 e. The molecule has 0 fully saturated rings. The quantitative estimate of drug-likeness (QED) is 0.880. The Bertz CT molecular complexity index is 710. The van der Waals surface area contributed by atoms with Gasteiger partial charge in [-0.25, -0.2) is 9.78 Å². The van der Waals surface area contributed by atoms with Crippen LogP contribution in [0.4, 0.5) is 4.79 Å². The number of fused-ring (bicyclic) bond motifs is 1. The lowest BCUT2D eigenvalue weighted by atomic mass is 10.0. The molecule has 1 heterocycles. The highest BCUT2D eigenvalue weighted by Crippen LogP contribution is 2.19. The van der Waals surface area contributed by atoms with Crippen molar-refractivity contribution in [3.8, 4) is 5.88 Å². The standard InChI is InChI=1S/C18H24N2O4/c1-18(2,3)24-17(22)19-14(11-21)10-12-5-7-15-13(9-12)6-8-16(20-15)23-4/h5-9,14,21H,10-11H2,1-4H3,(H,19,22). The number of carbonyl (C=O) groups excluding carboxylic acids is 1. The van der Waals surface area contributed by atoms with E-state index in [1.54, 1.807) is 33.9 Å². The monoisotopic (exact) mass is 332 g/mol. The third kappa shape index (κ3) is 5.09. The number of nitrogens with zero attached hydrogens (tertiary/aromatic N) is 1. The predicted molar refractivity (Wildman–Crippen MR) is 92.2 cm³/mol. The third-order valence-corrected chi connectivity index (χ3v) is 3.36. The zero-order valence-corrected chi connectivity index (χ0v) is 14.5. The summed E-state index contributed by atoms with van der Waals surface area (Å²) < 4.78 is 10.3. The summed E-state index contributed by atoms with van der Waals surface area (Å²) in [4.78, 5) is 16.2. The fraction of sp³-hybridized carbons (Fsp3) is 0.444. The number of rotatable bonds is 5. The molecule has 1 aromatic carbocycles. The van der Waals surface area contributed by atoms with E-state index in [0.717, 1.165) is 16.5 Å². The maximum absolute atomic E-state index is 11.8. The maximum atomic E-state index is 11.8. The van der Waals surface area contributed by atoms with Crippen LogP contribution in [0.25, 0.3) is 10.9 Å². The molecule has 0 saturated carbocycles. The molecule has 6 heteroatoms. The summed E-state index contributed by atoms with van der Waals surface area (Å²) in [5.74, 6) is 0.565. The van der Waals surface area contributed by atoms with Crippen molar-refractivity contribution in [2.45, 2.75) is 38.8 Å². The first kappa shape index (κ1) is 18.0. The van der Waals surface area contributed by atoms with E-state index in [4.69, 9.17) is 9.47 Å². The van der Waals surface area contributed by atoms with E-state index in [1.165, 1.54) is 0 Å². The van der Waals surface area contributed by atoms with Crippen LogP contribution in [-0.4, -0.2) is 41.5 Å². The molecule has 24 heavy (non-hydrogen) atoms. The first-order valence-electron chi connectivity index (χ1n) is 7.85. The van der Waals surface area contributed by atoms with Gasteiger partial charge in [-0.2, -0.15) is 0 Å². The van der Waals surface area contributed by atoms with E-state index in [1.807, 2.05) is 24.3 Å². The van der Waals surface area contributed by atoms with Crippen LogP contribution >= 0.6 is 0 Å². The van der Waals surface area contributed by atoms with E-state index in [-0.39, 0.29) is 6.61 Å². The van der Waals surface area contributed by atoms with Crippen molar-refractivity contribution in [1.82, 2.24) is 10.3 Å². The number of aromatic nitrogens is 1. The molecular formula is C18H24N2O4. The molecule has 130 valence electrons. The Hall–Kier alpha value is -2.34. The Balaban J connectivity index is 2.07. The molecule has 0 bridgehead atoms. The number of hydrogen-bond donors (Lipinski definition) is 2. The van der Waals surface area contributed by atoms with Crippen molar-refractivity contribution < 1.29 is 19.4 Å². The molecule has 1 unspecified atom stereocenters. The molecule has 0 aliphatic heterocycles. The Morgan fingerprint density at radius 1 is 1.29 bits per heavy atom. The summed E-state index contributed by atoms with van der Waals surface area (Å²) >= 11 is 0. The smallest absolute Gasteiger partial charge is 0.407 e. The molecular weight excluding hydrogens is 308 g/mol. The molecule has 0 radical (unpaired) electrons. The molecule has 0 aliphatic carbocycles. The van der Waals surface area contributed by atoms with Crippen LogP contribution in [0.3, 0.4) is 0 Å². The molecule has 0 spiro atoms. The van der Waals surface area contributed by atoms with Crippen LogP contribution in [0.1, 0.15) is 26.3 Å².